The SMILES string of the molecule is CNP(N)(=O)N(C)C1CCC1. The molecule has 5 heteroatoms. The van der Waals surface area contributed by atoms with E-state index in [1.807, 2.05) is 7.05 Å². The molecule has 0 aromatic heterocycles. The second kappa shape index (κ2) is 3.23. The molecule has 1 rings (SSSR count). The van der Waals surface area contributed by atoms with E-state index in [4.69, 9.17) is 5.50 Å². The summed E-state index contributed by atoms with van der Waals surface area (Å²) in [6.45, 7) is 0. The van der Waals surface area contributed by atoms with Crippen LogP contribution in [0, 0.1) is 0 Å². The Labute approximate surface area is 67.7 Å². The third-order valence-electron chi connectivity index (χ3n) is 2.39. The summed E-state index contributed by atoms with van der Waals surface area (Å²) in [7, 11) is 0.753. The number of nitrogens with one attached hydrogen (secondary N) is 1. The largest absolute Gasteiger partial charge is 0.278 e. The molecule has 4 nitrogen and oxygen atoms in total. The summed E-state index contributed by atoms with van der Waals surface area (Å²) in [6.07, 6.45) is 3.48. The monoisotopic (exact) mass is 177 g/mol. The van der Waals surface area contributed by atoms with Crippen molar-refractivity contribution in [1.82, 2.24) is 9.76 Å². The second-order valence-electron chi connectivity index (χ2n) is 3.00. The highest BCUT2D eigenvalue weighted by Crippen LogP contribution is 2.41. The van der Waals surface area contributed by atoms with Gasteiger partial charge in [-0.15, -0.1) is 0 Å². The Morgan fingerprint density at radius 2 is 2.18 bits per heavy atom. The van der Waals surface area contributed by atoms with Gasteiger partial charge in [0.15, 0.2) is 0 Å². The highest BCUT2D eigenvalue weighted by atomic mass is 31.2. The van der Waals surface area contributed by atoms with Crippen molar-refractivity contribution in [3.05, 3.63) is 0 Å². The zero-order chi connectivity index (χ0) is 8.48. The van der Waals surface area contributed by atoms with E-state index in [2.05, 4.69) is 5.09 Å². The Hall–Kier alpha value is 0.110. The molecule has 1 atom stereocenters. The van der Waals surface area contributed by atoms with Crippen molar-refractivity contribution < 1.29 is 4.57 Å². The minimum Gasteiger partial charge on any atom is -0.271 e. The molecule has 0 spiro atoms. The fourth-order valence-electron chi connectivity index (χ4n) is 1.16. The lowest BCUT2D eigenvalue weighted by Gasteiger charge is -2.37. The molecule has 3 N–H and O–H groups in total. The molecule has 0 aromatic carbocycles. The first-order valence-electron chi connectivity index (χ1n) is 3.89. The number of nitrogens with two attached hydrogens (primary N) is 1. The van der Waals surface area contributed by atoms with Gasteiger partial charge < -0.3 is 0 Å². The maximum absolute atomic E-state index is 11.5. The van der Waals surface area contributed by atoms with Crippen molar-refractivity contribution in [3.8, 4) is 0 Å². The number of hydrogen-bond donors (Lipinski definition) is 2. The smallest absolute Gasteiger partial charge is 0.271 e. The van der Waals surface area contributed by atoms with Crippen LogP contribution in [-0.2, 0) is 4.57 Å². The van der Waals surface area contributed by atoms with E-state index in [0.717, 1.165) is 12.8 Å². The lowest BCUT2D eigenvalue weighted by molar-refractivity contribution is 0.245. The van der Waals surface area contributed by atoms with Crippen LogP contribution in [0.2, 0.25) is 0 Å². The maximum Gasteiger partial charge on any atom is 0.278 e. The third kappa shape index (κ3) is 1.82. The van der Waals surface area contributed by atoms with Gasteiger partial charge in [0.2, 0.25) is 0 Å². The molecule has 1 aliphatic carbocycles. The van der Waals surface area contributed by atoms with Crippen LogP contribution in [-0.4, -0.2) is 24.8 Å². The molecule has 0 aliphatic heterocycles. The van der Waals surface area contributed by atoms with Gasteiger partial charge in [-0.2, -0.15) is 0 Å². The standard InChI is InChI=1S/C6H16N3OP/c1-8-11(7,10)9(2)6-4-3-5-6/h6H,3-5H2,1-2H3,(H3,7,8,10). The molecule has 0 saturated heterocycles. The van der Waals surface area contributed by atoms with Gasteiger partial charge in [-0.3, -0.25) is 10.1 Å². The Bertz CT molecular complexity index is 181. The van der Waals surface area contributed by atoms with Crippen molar-refractivity contribution in [2.24, 2.45) is 5.50 Å². The summed E-state index contributed by atoms with van der Waals surface area (Å²) in [5.74, 6) is 0. The molecular weight excluding hydrogens is 161 g/mol. The van der Waals surface area contributed by atoms with Gasteiger partial charge in [0.05, 0.1) is 0 Å². The van der Waals surface area contributed by atoms with E-state index in [1.54, 1.807) is 11.7 Å². The Morgan fingerprint density at radius 3 is 2.45 bits per heavy atom. The van der Waals surface area contributed by atoms with Crippen LogP contribution in [0.5, 0.6) is 0 Å². The lowest BCUT2D eigenvalue weighted by atomic mass is 9.93. The predicted octanol–water partition coefficient (Wildman–Crippen LogP) is 0.757. The summed E-state index contributed by atoms with van der Waals surface area (Å²) in [4.78, 5) is 0. The van der Waals surface area contributed by atoms with Crippen LogP contribution in [0.3, 0.4) is 0 Å². The molecule has 11 heavy (non-hydrogen) atoms. The van der Waals surface area contributed by atoms with Gasteiger partial charge in [0.1, 0.15) is 0 Å². The average Bonchev–Trinajstić information content (AvgIpc) is 1.84. The summed E-state index contributed by atoms with van der Waals surface area (Å²) >= 11 is 0. The number of nitrogens with zero attached hydrogens (tertiary/aromatic N) is 1. The maximum atomic E-state index is 11.5. The second-order valence-corrected chi connectivity index (χ2v) is 5.33. The van der Waals surface area contributed by atoms with Gasteiger partial charge in [0.25, 0.3) is 7.59 Å². The minimum atomic E-state index is -2.70. The first-order chi connectivity index (χ1) is 5.08. The molecule has 1 aliphatic rings. The van der Waals surface area contributed by atoms with Gasteiger partial charge in [-0.1, -0.05) is 6.42 Å². The van der Waals surface area contributed by atoms with E-state index >= 15 is 0 Å². The van der Waals surface area contributed by atoms with Crippen molar-refractivity contribution >= 4 is 7.59 Å². The van der Waals surface area contributed by atoms with E-state index in [-0.39, 0.29) is 0 Å². The fraction of sp³-hybridized carbons (Fsp3) is 1.00. The third-order valence-corrected chi connectivity index (χ3v) is 4.30. The molecule has 66 valence electrons. The van der Waals surface area contributed by atoms with Gasteiger partial charge >= 0.3 is 0 Å². The highest BCUT2D eigenvalue weighted by molar-refractivity contribution is 7.56. The first-order valence-corrected chi connectivity index (χ1v) is 5.62. The Balaban J connectivity index is 2.51. The van der Waals surface area contributed by atoms with Gasteiger partial charge in [-0.05, 0) is 26.9 Å². The molecule has 0 amide bonds. The molecule has 0 aromatic rings. The Morgan fingerprint density at radius 1 is 1.64 bits per heavy atom. The lowest BCUT2D eigenvalue weighted by Crippen LogP contribution is -2.39. The normalized spacial score (nSPS) is 24.7. The van der Waals surface area contributed by atoms with Crippen LogP contribution < -0.4 is 10.6 Å². The van der Waals surface area contributed by atoms with Crippen molar-refractivity contribution in [3.63, 3.8) is 0 Å². The van der Waals surface area contributed by atoms with Crippen molar-refractivity contribution in [2.45, 2.75) is 25.3 Å². The topological polar surface area (TPSA) is 58.4 Å². The predicted molar refractivity (Wildman–Crippen MR) is 46.3 cm³/mol. The number of hydrogen-bond acceptors (Lipinski definition) is 1. The fourth-order valence-corrected chi connectivity index (χ4v) is 2.19. The summed E-state index contributed by atoms with van der Waals surface area (Å²) in [5, 5.41) is 2.65. The Kier molecular flexibility index (Phi) is 2.70. The number of rotatable bonds is 3. The van der Waals surface area contributed by atoms with Gasteiger partial charge in [0, 0.05) is 6.04 Å². The van der Waals surface area contributed by atoms with Crippen molar-refractivity contribution in [2.75, 3.05) is 14.1 Å². The summed E-state index contributed by atoms with van der Waals surface area (Å²) in [5.41, 5.74) is 5.54. The van der Waals surface area contributed by atoms with E-state index in [0.29, 0.717) is 6.04 Å². The van der Waals surface area contributed by atoms with Crippen LogP contribution in [0.15, 0.2) is 0 Å². The first kappa shape index (κ1) is 9.20. The zero-order valence-electron chi connectivity index (χ0n) is 7.08. The highest BCUT2D eigenvalue weighted by Gasteiger charge is 2.31. The summed E-state index contributed by atoms with van der Waals surface area (Å²) < 4.78 is 13.3. The van der Waals surface area contributed by atoms with E-state index in [9.17, 15) is 4.57 Å². The molecule has 1 fully saturated rings. The molecule has 0 heterocycles. The van der Waals surface area contributed by atoms with E-state index in [1.165, 1.54) is 6.42 Å². The average molecular weight is 177 g/mol. The molecule has 0 bridgehead atoms. The molecule has 1 saturated carbocycles. The molecule has 0 radical (unpaired) electrons. The van der Waals surface area contributed by atoms with Crippen LogP contribution in [0.25, 0.3) is 0 Å². The summed E-state index contributed by atoms with van der Waals surface area (Å²) in [6, 6.07) is 0.429. The minimum absolute atomic E-state index is 0.429. The zero-order valence-corrected chi connectivity index (χ0v) is 7.97. The quantitative estimate of drug-likeness (QED) is 0.625. The van der Waals surface area contributed by atoms with Gasteiger partial charge in [-0.25, -0.2) is 9.76 Å². The molecule has 1 unspecified atom stereocenters. The van der Waals surface area contributed by atoms with Crippen LogP contribution in [0.4, 0.5) is 0 Å². The van der Waals surface area contributed by atoms with Crippen molar-refractivity contribution in [1.29, 1.82) is 0 Å². The van der Waals surface area contributed by atoms with E-state index < -0.39 is 7.59 Å². The van der Waals surface area contributed by atoms with Crippen LogP contribution >= 0.6 is 7.59 Å². The van der Waals surface area contributed by atoms with Crippen LogP contribution in [0.1, 0.15) is 19.3 Å². The molecular formula is C6H16N3OP.